The van der Waals surface area contributed by atoms with Gasteiger partial charge in [-0.15, -0.1) is 0 Å². The first-order chi connectivity index (χ1) is 18.3. The lowest BCUT2D eigenvalue weighted by Crippen LogP contribution is -2.26. The standard InChI is InChI=1S/C24H25N3.C7H8O3S/c1-26-14-21-16-27(17-22(21)15-26)23-10-11-24(25-13-23)20-9-5-8-19(12-20)18-6-3-2-4-7-18;1-6-2-4-7(5-3-6)11(8,9)10/h2-13,21-22H,14-17H2,1H3;2-5H,1H3,(H,8,9,10)/t21-,22+;. The van der Waals surface area contributed by atoms with Crippen molar-refractivity contribution in [1.82, 2.24) is 9.88 Å². The number of nitrogens with zero attached hydrogens (tertiary/aromatic N) is 3. The van der Waals surface area contributed by atoms with Crippen LogP contribution in [0.2, 0.25) is 0 Å². The SMILES string of the molecule is CN1C[C@@H]2CN(c3ccc(-c4cccc(-c5ccccc5)c4)nc3)C[C@@H]2C1.Cc1ccc(S(=O)(=O)O)cc1. The molecule has 3 aromatic carbocycles. The van der Waals surface area contributed by atoms with Crippen molar-refractivity contribution in [2.45, 2.75) is 11.8 Å². The zero-order chi connectivity index (χ0) is 26.7. The Morgan fingerprint density at radius 3 is 2.00 bits per heavy atom. The molecule has 2 fully saturated rings. The average molecular weight is 528 g/mol. The number of rotatable bonds is 4. The van der Waals surface area contributed by atoms with E-state index in [1.54, 1.807) is 12.1 Å². The summed E-state index contributed by atoms with van der Waals surface area (Å²) in [6.07, 6.45) is 2.05. The largest absolute Gasteiger partial charge is 0.370 e. The number of hydrogen-bond acceptors (Lipinski definition) is 5. The Kier molecular flexibility index (Phi) is 7.61. The second kappa shape index (κ2) is 11.1. The summed E-state index contributed by atoms with van der Waals surface area (Å²) in [5.74, 6) is 1.63. The number of benzene rings is 3. The van der Waals surface area contributed by atoms with Crippen LogP contribution in [0.3, 0.4) is 0 Å². The van der Waals surface area contributed by atoms with Crippen LogP contribution in [-0.2, 0) is 10.1 Å². The molecule has 2 aliphatic heterocycles. The molecule has 0 aliphatic carbocycles. The molecule has 0 unspecified atom stereocenters. The van der Waals surface area contributed by atoms with Crippen LogP contribution in [0.5, 0.6) is 0 Å². The molecule has 1 aromatic heterocycles. The molecule has 0 spiro atoms. The lowest BCUT2D eigenvalue weighted by molar-refractivity contribution is 0.387. The summed E-state index contributed by atoms with van der Waals surface area (Å²) in [6, 6.07) is 29.6. The average Bonchev–Trinajstić information content (AvgIpc) is 3.47. The lowest BCUT2D eigenvalue weighted by atomic mass is 10.0. The van der Waals surface area contributed by atoms with Gasteiger partial charge in [-0.1, -0.05) is 66.2 Å². The number of fused-ring (bicyclic) bond motifs is 1. The van der Waals surface area contributed by atoms with Crippen molar-refractivity contribution in [1.29, 1.82) is 0 Å². The number of pyridine rings is 1. The van der Waals surface area contributed by atoms with Gasteiger partial charge in [0.25, 0.3) is 10.1 Å². The molecule has 196 valence electrons. The molecule has 2 atom stereocenters. The highest BCUT2D eigenvalue weighted by molar-refractivity contribution is 7.85. The van der Waals surface area contributed by atoms with E-state index in [0.29, 0.717) is 0 Å². The normalized spacial score (nSPS) is 19.1. The van der Waals surface area contributed by atoms with Crippen molar-refractivity contribution in [3.63, 3.8) is 0 Å². The van der Waals surface area contributed by atoms with Gasteiger partial charge in [0.1, 0.15) is 0 Å². The van der Waals surface area contributed by atoms with Gasteiger partial charge in [0, 0.05) is 31.7 Å². The molecule has 7 heteroatoms. The fourth-order valence-corrected chi connectivity index (χ4v) is 5.86. The Hall–Kier alpha value is -3.52. The third-order valence-electron chi connectivity index (χ3n) is 7.37. The summed E-state index contributed by atoms with van der Waals surface area (Å²) >= 11 is 0. The highest BCUT2D eigenvalue weighted by Gasteiger charge is 2.38. The number of likely N-dealkylation sites (tertiary alicyclic amines) is 1. The maximum atomic E-state index is 10.5. The van der Waals surface area contributed by atoms with Crippen molar-refractivity contribution in [3.05, 3.63) is 103 Å². The van der Waals surface area contributed by atoms with Gasteiger partial charge in [-0.2, -0.15) is 8.42 Å². The number of aromatic nitrogens is 1. The third-order valence-corrected chi connectivity index (χ3v) is 8.23. The maximum absolute atomic E-state index is 10.5. The molecule has 38 heavy (non-hydrogen) atoms. The zero-order valence-corrected chi connectivity index (χ0v) is 22.6. The number of aryl methyl sites for hydroxylation is 1. The maximum Gasteiger partial charge on any atom is 0.294 e. The second-order valence-electron chi connectivity index (χ2n) is 10.3. The number of hydrogen-bond donors (Lipinski definition) is 1. The first-order valence-electron chi connectivity index (χ1n) is 12.9. The van der Waals surface area contributed by atoms with Crippen molar-refractivity contribution in [2.75, 3.05) is 38.1 Å². The predicted molar refractivity (Wildman–Crippen MR) is 153 cm³/mol. The first kappa shape index (κ1) is 26.1. The van der Waals surface area contributed by atoms with Crippen molar-refractivity contribution in [3.8, 4) is 22.4 Å². The summed E-state index contributed by atoms with van der Waals surface area (Å²) in [7, 11) is -1.78. The molecule has 1 N–H and O–H groups in total. The highest BCUT2D eigenvalue weighted by atomic mass is 32.2. The molecule has 0 bridgehead atoms. The van der Waals surface area contributed by atoms with Crippen molar-refractivity contribution >= 4 is 15.8 Å². The first-order valence-corrected chi connectivity index (χ1v) is 14.3. The van der Waals surface area contributed by atoms with Gasteiger partial charge in [-0.25, -0.2) is 0 Å². The molecule has 4 aromatic rings. The van der Waals surface area contributed by atoms with E-state index < -0.39 is 10.1 Å². The summed E-state index contributed by atoms with van der Waals surface area (Å²) in [5.41, 5.74) is 6.89. The molecule has 6 nitrogen and oxygen atoms in total. The Morgan fingerprint density at radius 1 is 0.763 bits per heavy atom. The molecule has 3 heterocycles. The molecular formula is C31H33N3O3S. The van der Waals surface area contributed by atoms with Gasteiger partial charge in [0.15, 0.2) is 0 Å². The van der Waals surface area contributed by atoms with E-state index in [1.165, 1.54) is 60.7 Å². The predicted octanol–water partition coefficient (Wildman–Crippen LogP) is 5.66. The van der Waals surface area contributed by atoms with Crippen LogP contribution in [-0.4, -0.2) is 56.1 Å². The molecule has 0 saturated carbocycles. The smallest absolute Gasteiger partial charge is 0.294 e. The summed E-state index contributed by atoms with van der Waals surface area (Å²) < 4.78 is 29.6. The van der Waals surface area contributed by atoms with E-state index in [2.05, 4.69) is 89.8 Å². The van der Waals surface area contributed by atoms with Gasteiger partial charge in [-0.05, 0) is 67.3 Å². The molecule has 6 rings (SSSR count). The van der Waals surface area contributed by atoms with E-state index in [0.717, 1.165) is 23.1 Å². The molecule has 2 aliphatic rings. The van der Waals surface area contributed by atoms with Crippen molar-refractivity contribution < 1.29 is 13.0 Å². The van der Waals surface area contributed by atoms with E-state index >= 15 is 0 Å². The minimum Gasteiger partial charge on any atom is -0.370 e. The monoisotopic (exact) mass is 527 g/mol. The Balaban J connectivity index is 0.000000226. The quantitative estimate of drug-likeness (QED) is 0.346. The highest BCUT2D eigenvalue weighted by Crippen LogP contribution is 2.34. The fraction of sp³-hybridized carbons (Fsp3) is 0.258. The summed E-state index contributed by atoms with van der Waals surface area (Å²) in [4.78, 5) is 9.70. The minimum atomic E-state index is -4.02. The van der Waals surface area contributed by atoms with Crippen molar-refractivity contribution in [2.24, 2.45) is 11.8 Å². The van der Waals surface area contributed by atoms with Crippen LogP contribution in [0, 0.1) is 18.8 Å². The minimum absolute atomic E-state index is 0.0666. The molecule has 2 saturated heterocycles. The van der Waals surface area contributed by atoms with Gasteiger partial charge < -0.3 is 9.80 Å². The van der Waals surface area contributed by atoms with E-state index in [1.807, 2.05) is 6.92 Å². The molecule has 0 amide bonds. The molecule has 0 radical (unpaired) electrons. The van der Waals surface area contributed by atoms with Crippen LogP contribution in [0.4, 0.5) is 5.69 Å². The number of anilines is 1. The Morgan fingerprint density at radius 2 is 1.39 bits per heavy atom. The Bertz CT molecular complexity index is 1460. The van der Waals surface area contributed by atoms with Gasteiger partial charge in [0.05, 0.1) is 22.5 Å². The van der Waals surface area contributed by atoms with Gasteiger partial charge in [-0.3, -0.25) is 9.54 Å². The second-order valence-corrected chi connectivity index (χ2v) is 11.7. The van der Waals surface area contributed by atoms with Crippen LogP contribution >= 0.6 is 0 Å². The third kappa shape index (κ3) is 6.13. The van der Waals surface area contributed by atoms with Gasteiger partial charge in [0.2, 0.25) is 0 Å². The van der Waals surface area contributed by atoms with E-state index in [-0.39, 0.29) is 4.90 Å². The van der Waals surface area contributed by atoms with Crippen LogP contribution in [0.25, 0.3) is 22.4 Å². The summed E-state index contributed by atoms with van der Waals surface area (Å²) in [6.45, 7) is 6.64. The topological polar surface area (TPSA) is 73.7 Å². The fourth-order valence-electron chi connectivity index (χ4n) is 5.38. The van der Waals surface area contributed by atoms with Gasteiger partial charge >= 0.3 is 0 Å². The summed E-state index contributed by atoms with van der Waals surface area (Å²) in [5, 5.41) is 0. The molecular weight excluding hydrogens is 494 g/mol. The lowest BCUT2D eigenvalue weighted by Gasteiger charge is -2.21. The van der Waals surface area contributed by atoms with Crippen LogP contribution in [0.1, 0.15) is 5.56 Å². The van der Waals surface area contributed by atoms with Crippen LogP contribution < -0.4 is 4.90 Å². The Labute approximate surface area is 225 Å². The van der Waals surface area contributed by atoms with Crippen LogP contribution in [0.15, 0.2) is 102 Å². The van der Waals surface area contributed by atoms with E-state index in [4.69, 9.17) is 9.54 Å². The van der Waals surface area contributed by atoms with E-state index in [9.17, 15) is 8.42 Å². The zero-order valence-electron chi connectivity index (χ0n) is 21.7.